The van der Waals surface area contributed by atoms with Crippen molar-refractivity contribution in [1.82, 2.24) is 4.72 Å². The largest absolute Gasteiger partial charge is 0.486 e. The molecule has 0 fully saturated rings. The number of allylic oxidation sites excluding steroid dienone is 1. The Bertz CT molecular complexity index is 1690. The van der Waals surface area contributed by atoms with Crippen LogP contribution in [0.15, 0.2) is 65.6 Å². The lowest BCUT2D eigenvalue weighted by molar-refractivity contribution is -0.137. The number of nitrogens with zero attached hydrogens (tertiary/aromatic N) is 1. The maximum absolute atomic E-state index is 14.5. The summed E-state index contributed by atoms with van der Waals surface area (Å²) < 4.78 is 114. The minimum atomic E-state index is -4.77. The summed E-state index contributed by atoms with van der Waals surface area (Å²) >= 11 is 6.18. The zero-order chi connectivity index (χ0) is 30.2. The van der Waals surface area contributed by atoms with Crippen molar-refractivity contribution in [2.75, 3.05) is 23.7 Å². The monoisotopic (exact) mass is 632 g/mol. The molecule has 0 aliphatic carbocycles. The van der Waals surface area contributed by atoms with E-state index in [1.807, 2.05) is 0 Å². The molecule has 1 N–H and O–H groups in total. The molecular formula is C27H25ClF4N2O5S2. The van der Waals surface area contributed by atoms with Crippen molar-refractivity contribution in [3.63, 3.8) is 0 Å². The van der Waals surface area contributed by atoms with Crippen LogP contribution in [0.3, 0.4) is 0 Å². The van der Waals surface area contributed by atoms with Gasteiger partial charge in [0.2, 0.25) is 10.0 Å². The standard InChI is InChI=1S/C27H25ClF4N2O5S2/c1-17(26-22(28)7-4-8-23(26)29)13-18-9-10-25-24(14-18)34(16-20(39-25)11-12-33-40(2,35)36)41(37,38)21-6-3-5-19(15-21)27(30,31)32/h3-10,13-15,20,33H,11-12,16H2,1-2H3/b17-13+/t20-/m0/s1. The summed E-state index contributed by atoms with van der Waals surface area (Å²) in [7, 11) is -8.06. The average Bonchev–Trinajstić information content (AvgIpc) is 2.87. The van der Waals surface area contributed by atoms with Crippen LogP contribution in [0.25, 0.3) is 11.6 Å². The number of fused-ring (bicyclic) bond motifs is 1. The van der Waals surface area contributed by atoms with Crippen LogP contribution in [-0.2, 0) is 26.2 Å². The van der Waals surface area contributed by atoms with Crippen LogP contribution in [0.4, 0.5) is 23.2 Å². The molecule has 41 heavy (non-hydrogen) atoms. The van der Waals surface area contributed by atoms with E-state index in [2.05, 4.69) is 4.72 Å². The van der Waals surface area contributed by atoms with Gasteiger partial charge in [-0.3, -0.25) is 4.31 Å². The van der Waals surface area contributed by atoms with E-state index in [0.717, 1.165) is 28.8 Å². The molecule has 7 nitrogen and oxygen atoms in total. The van der Waals surface area contributed by atoms with Crippen molar-refractivity contribution >= 4 is 49.0 Å². The number of benzene rings is 3. The maximum atomic E-state index is 14.5. The number of halogens is 5. The molecule has 1 aliphatic rings. The van der Waals surface area contributed by atoms with Crippen LogP contribution in [0.1, 0.15) is 30.0 Å². The quantitative estimate of drug-likeness (QED) is 0.245. The fourth-order valence-electron chi connectivity index (χ4n) is 4.36. The molecule has 3 aromatic carbocycles. The summed E-state index contributed by atoms with van der Waals surface area (Å²) in [5.41, 5.74) is -0.0200. The average molecular weight is 633 g/mol. The van der Waals surface area contributed by atoms with Gasteiger partial charge < -0.3 is 4.74 Å². The van der Waals surface area contributed by atoms with Gasteiger partial charge in [-0.2, -0.15) is 13.2 Å². The molecule has 1 atom stereocenters. The van der Waals surface area contributed by atoms with E-state index in [0.29, 0.717) is 17.2 Å². The van der Waals surface area contributed by atoms with Crippen molar-refractivity contribution in [3.05, 3.63) is 88.2 Å². The number of ether oxygens (including phenoxy) is 1. The van der Waals surface area contributed by atoms with Gasteiger partial charge in [0.1, 0.15) is 17.7 Å². The second-order valence-electron chi connectivity index (χ2n) is 9.41. The molecule has 1 heterocycles. The SMILES string of the molecule is C/C(=C\c1ccc2c(c1)N(S(=O)(=O)c1cccc(C(F)(F)F)c1)C[C@H](CCNS(C)(=O)=O)O2)c1c(F)cccc1Cl. The van der Waals surface area contributed by atoms with Crippen LogP contribution >= 0.6 is 11.6 Å². The summed E-state index contributed by atoms with van der Waals surface area (Å²) in [5.74, 6) is -0.429. The molecule has 0 radical (unpaired) electrons. The molecular weight excluding hydrogens is 608 g/mol. The second kappa shape index (κ2) is 11.6. The third-order valence-electron chi connectivity index (χ3n) is 6.23. The van der Waals surface area contributed by atoms with Crippen molar-refractivity contribution < 1.29 is 39.1 Å². The Hall–Kier alpha value is -3.13. The molecule has 3 aromatic rings. The van der Waals surface area contributed by atoms with Gasteiger partial charge in [-0.05, 0) is 66.9 Å². The first kappa shape index (κ1) is 30.8. The summed E-state index contributed by atoms with van der Waals surface area (Å²) in [5, 5.41) is 0.180. The normalized spacial score (nSPS) is 16.3. The minimum Gasteiger partial charge on any atom is -0.486 e. The summed E-state index contributed by atoms with van der Waals surface area (Å²) in [6.45, 7) is 1.27. The predicted molar refractivity (Wildman–Crippen MR) is 149 cm³/mol. The van der Waals surface area contributed by atoms with Gasteiger partial charge in [-0.15, -0.1) is 0 Å². The number of anilines is 1. The Morgan fingerprint density at radius 1 is 1.10 bits per heavy atom. The van der Waals surface area contributed by atoms with Gasteiger partial charge in [-0.25, -0.2) is 25.9 Å². The smallest absolute Gasteiger partial charge is 0.416 e. The van der Waals surface area contributed by atoms with Gasteiger partial charge in [0, 0.05) is 12.1 Å². The Morgan fingerprint density at radius 2 is 1.80 bits per heavy atom. The van der Waals surface area contributed by atoms with E-state index in [-0.39, 0.29) is 41.5 Å². The van der Waals surface area contributed by atoms with Gasteiger partial charge in [0.25, 0.3) is 10.0 Å². The first-order valence-electron chi connectivity index (χ1n) is 12.1. The number of nitrogens with one attached hydrogen (secondary N) is 1. The fourth-order valence-corrected chi connectivity index (χ4v) is 6.70. The highest BCUT2D eigenvalue weighted by Gasteiger charge is 2.37. The highest BCUT2D eigenvalue weighted by molar-refractivity contribution is 7.92. The first-order valence-corrected chi connectivity index (χ1v) is 15.9. The number of hydrogen-bond donors (Lipinski definition) is 1. The summed E-state index contributed by atoms with van der Waals surface area (Å²) in [6, 6.07) is 12.2. The Morgan fingerprint density at radius 3 is 2.46 bits per heavy atom. The van der Waals surface area contributed by atoms with Gasteiger partial charge in [-0.1, -0.05) is 35.9 Å². The fraction of sp³-hybridized carbons (Fsp3) is 0.259. The van der Waals surface area contributed by atoms with E-state index < -0.39 is 48.6 Å². The zero-order valence-electron chi connectivity index (χ0n) is 21.7. The van der Waals surface area contributed by atoms with Gasteiger partial charge in [0.15, 0.2) is 0 Å². The van der Waals surface area contributed by atoms with Crippen molar-refractivity contribution in [2.24, 2.45) is 0 Å². The van der Waals surface area contributed by atoms with E-state index in [4.69, 9.17) is 16.3 Å². The van der Waals surface area contributed by atoms with Crippen LogP contribution in [0.2, 0.25) is 5.02 Å². The third kappa shape index (κ3) is 7.21. The predicted octanol–water partition coefficient (Wildman–Crippen LogP) is 5.95. The Kier molecular flexibility index (Phi) is 8.74. The molecule has 220 valence electrons. The van der Waals surface area contributed by atoms with Crippen molar-refractivity contribution in [2.45, 2.75) is 30.5 Å². The summed E-state index contributed by atoms with van der Waals surface area (Å²) in [6.07, 6.45) is -2.95. The molecule has 0 saturated heterocycles. The lowest BCUT2D eigenvalue weighted by atomic mass is 10.0. The highest BCUT2D eigenvalue weighted by Crippen LogP contribution is 2.40. The van der Waals surface area contributed by atoms with E-state index in [1.165, 1.54) is 30.3 Å². The van der Waals surface area contributed by atoms with Crippen LogP contribution in [0, 0.1) is 5.82 Å². The molecule has 0 amide bonds. The number of sulfonamides is 2. The molecule has 0 aromatic heterocycles. The van der Waals surface area contributed by atoms with E-state index in [1.54, 1.807) is 19.1 Å². The van der Waals surface area contributed by atoms with E-state index in [9.17, 15) is 34.4 Å². The van der Waals surface area contributed by atoms with E-state index >= 15 is 0 Å². The molecule has 0 bridgehead atoms. The van der Waals surface area contributed by atoms with Crippen LogP contribution in [0.5, 0.6) is 5.75 Å². The molecule has 4 rings (SSSR count). The molecule has 0 saturated carbocycles. The molecule has 0 unspecified atom stereocenters. The maximum Gasteiger partial charge on any atom is 0.416 e. The number of rotatable bonds is 8. The topological polar surface area (TPSA) is 92.8 Å². The molecule has 1 aliphatic heterocycles. The lowest BCUT2D eigenvalue weighted by Gasteiger charge is -2.36. The Labute approximate surface area is 240 Å². The summed E-state index contributed by atoms with van der Waals surface area (Å²) in [4.78, 5) is -0.580. The molecule has 0 spiro atoms. The van der Waals surface area contributed by atoms with Gasteiger partial charge >= 0.3 is 6.18 Å². The highest BCUT2D eigenvalue weighted by atomic mass is 35.5. The van der Waals surface area contributed by atoms with Crippen LogP contribution in [-0.4, -0.2) is 42.3 Å². The number of alkyl halides is 3. The minimum absolute atomic E-state index is 0.0518. The lowest BCUT2D eigenvalue weighted by Crippen LogP contribution is -2.44. The van der Waals surface area contributed by atoms with Crippen LogP contribution < -0.4 is 13.8 Å². The zero-order valence-corrected chi connectivity index (χ0v) is 24.1. The van der Waals surface area contributed by atoms with Crippen molar-refractivity contribution in [3.8, 4) is 5.75 Å². The number of hydrogen-bond acceptors (Lipinski definition) is 5. The third-order valence-corrected chi connectivity index (χ3v) is 9.05. The van der Waals surface area contributed by atoms with Crippen molar-refractivity contribution in [1.29, 1.82) is 0 Å². The van der Waals surface area contributed by atoms with Gasteiger partial charge in [0.05, 0.1) is 34.0 Å². The second-order valence-corrected chi connectivity index (χ2v) is 13.5. The molecule has 14 heteroatoms. The Balaban J connectivity index is 1.78. The first-order chi connectivity index (χ1) is 19.1.